The zero-order valence-electron chi connectivity index (χ0n) is 13.2. The SMILES string of the molecule is C[C@H](C(=O)NCc1ccccc1)N(C)Cc1ccc(Cl)cc1Cl. The van der Waals surface area contributed by atoms with E-state index >= 15 is 0 Å². The third-order valence-electron chi connectivity index (χ3n) is 3.79. The van der Waals surface area contributed by atoms with Gasteiger partial charge in [-0.05, 0) is 37.2 Å². The van der Waals surface area contributed by atoms with E-state index < -0.39 is 0 Å². The van der Waals surface area contributed by atoms with Crippen molar-refractivity contribution in [3.05, 3.63) is 69.7 Å². The summed E-state index contributed by atoms with van der Waals surface area (Å²) in [5.41, 5.74) is 2.03. The second-order valence-corrected chi connectivity index (χ2v) is 6.37. The van der Waals surface area contributed by atoms with Crippen LogP contribution in [0.2, 0.25) is 10.0 Å². The molecule has 23 heavy (non-hydrogen) atoms. The van der Waals surface area contributed by atoms with E-state index in [4.69, 9.17) is 23.2 Å². The Labute approximate surface area is 147 Å². The number of benzene rings is 2. The Balaban J connectivity index is 1.90. The van der Waals surface area contributed by atoms with Crippen LogP contribution >= 0.6 is 23.2 Å². The average Bonchev–Trinajstić information content (AvgIpc) is 2.55. The van der Waals surface area contributed by atoms with Crippen LogP contribution in [0.3, 0.4) is 0 Å². The van der Waals surface area contributed by atoms with Gasteiger partial charge in [-0.15, -0.1) is 0 Å². The summed E-state index contributed by atoms with van der Waals surface area (Å²) >= 11 is 12.1. The van der Waals surface area contributed by atoms with Crippen LogP contribution in [0.1, 0.15) is 18.1 Å². The number of likely N-dealkylation sites (N-methyl/N-ethyl adjacent to an activating group) is 1. The molecule has 2 aromatic rings. The molecule has 0 saturated carbocycles. The minimum atomic E-state index is -0.259. The number of carbonyl (C=O) groups is 1. The Bertz CT molecular complexity index is 661. The molecule has 0 fully saturated rings. The van der Waals surface area contributed by atoms with Crippen LogP contribution in [0.25, 0.3) is 0 Å². The number of amides is 1. The number of hydrogen-bond acceptors (Lipinski definition) is 2. The summed E-state index contributed by atoms with van der Waals surface area (Å²) in [7, 11) is 1.90. The molecule has 0 heterocycles. The largest absolute Gasteiger partial charge is 0.351 e. The van der Waals surface area contributed by atoms with Gasteiger partial charge in [-0.3, -0.25) is 9.69 Å². The van der Waals surface area contributed by atoms with Gasteiger partial charge in [-0.2, -0.15) is 0 Å². The number of nitrogens with one attached hydrogen (secondary N) is 1. The molecule has 1 atom stereocenters. The van der Waals surface area contributed by atoms with Crippen LogP contribution in [0.5, 0.6) is 0 Å². The first-order valence-corrected chi connectivity index (χ1v) is 8.19. The Morgan fingerprint density at radius 2 is 1.87 bits per heavy atom. The molecule has 1 amide bonds. The monoisotopic (exact) mass is 350 g/mol. The summed E-state index contributed by atoms with van der Waals surface area (Å²) in [5, 5.41) is 4.17. The third kappa shape index (κ3) is 5.24. The fourth-order valence-corrected chi connectivity index (χ4v) is 2.66. The lowest BCUT2D eigenvalue weighted by molar-refractivity contribution is -0.125. The van der Waals surface area contributed by atoms with E-state index in [1.165, 1.54) is 0 Å². The minimum Gasteiger partial charge on any atom is -0.351 e. The molecule has 2 aromatic carbocycles. The third-order valence-corrected chi connectivity index (χ3v) is 4.37. The van der Waals surface area contributed by atoms with Crippen molar-refractivity contribution in [1.29, 1.82) is 0 Å². The second kappa shape index (κ2) is 8.34. The first kappa shape index (κ1) is 17.8. The summed E-state index contributed by atoms with van der Waals surface area (Å²) in [4.78, 5) is 14.2. The van der Waals surface area contributed by atoms with Crippen LogP contribution in [0.15, 0.2) is 48.5 Å². The van der Waals surface area contributed by atoms with Crippen molar-refractivity contribution in [3.8, 4) is 0 Å². The quantitative estimate of drug-likeness (QED) is 0.849. The van der Waals surface area contributed by atoms with Crippen molar-refractivity contribution in [2.75, 3.05) is 7.05 Å². The van der Waals surface area contributed by atoms with Crippen LogP contribution < -0.4 is 5.32 Å². The number of nitrogens with zero attached hydrogens (tertiary/aromatic N) is 1. The molecule has 5 heteroatoms. The Morgan fingerprint density at radius 3 is 2.52 bits per heavy atom. The zero-order valence-corrected chi connectivity index (χ0v) is 14.7. The number of halogens is 2. The molecule has 2 rings (SSSR count). The minimum absolute atomic E-state index is 0.0126. The predicted molar refractivity (Wildman–Crippen MR) is 95.7 cm³/mol. The van der Waals surface area contributed by atoms with Crippen molar-refractivity contribution in [3.63, 3.8) is 0 Å². The van der Waals surface area contributed by atoms with E-state index in [1.54, 1.807) is 12.1 Å². The Kier molecular flexibility index (Phi) is 6.46. The smallest absolute Gasteiger partial charge is 0.237 e. The molecular weight excluding hydrogens is 331 g/mol. The highest BCUT2D eigenvalue weighted by Crippen LogP contribution is 2.22. The van der Waals surface area contributed by atoms with E-state index in [9.17, 15) is 4.79 Å². The molecule has 0 aliphatic rings. The lowest BCUT2D eigenvalue weighted by Crippen LogP contribution is -2.42. The summed E-state index contributed by atoms with van der Waals surface area (Å²) in [6, 6.07) is 15.0. The topological polar surface area (TPSA) is 32.3 Å². The molecule has 0 radical (unpaired) electrons. The lowest BCUT2D eigenvalue weighted by Gasteiger charge is -2.24. The van der Waals surface area contributed by atoms with Crippen LogP contribution in [0.4, 0.5) is 0 Å². The summed E-state index contributed by atoms with van der Waals surface area (Å²) < 4.78 is 0. The van der Waals surface area contributed by atoms with E-state index in [-0.39, 0.29) is 11.9 Å². The van der Waals surface area contributed by atoms with Gasteiger partial charge in [0.2, 0.25) is 5.91 Å². The molecule has 122 valence electrons. The molecule has 0 aromatic heterocycles. The molecular formula is C18H20Cl2N2O. The highest BCUT2D eigenvalue weighted by Gasteiger charge is 2.18. The maximum absolute atomic E-state index is 12.3. The maximum atomic E-state index is 12.3. The zero-order chi connectivity index (χ0) is 16.8. The van der Waals surface area contributed by atoms with E-state index in [2.05, 4.69) is 5.32 Å². The summed E-state index contributed by atoms with van der Waals surface area (Å²) in [5.74, 6) is -0.0126. The van der Waals surface area contributed by atoms with Crippen LogP contribution in [-0.2, 0) is 17.9 Å². The molecule has 0 unspecified atom stereocenters. The maximum Gasteiger partial charge on any atom is 0.237 e. The standard InChI is InChI=1S/C18H20Cl2N2O/c1-13(18(23)21-11-14-6-4-3-5-7-14)22(2)12-15-8-9-16(19)10-17(15)20/h3-10,13H,11-12H2,1-2H3,(H,21,23)/t13-/m1/s1. The number of carbonyl (C=O) groups excluding carboxylic acids is 1. The van der Waals surface area contributed by atoms with Gasteiger partial charge in [0.1, 0.15) is 0 Å². The molecule has 0 aliphatic carbocycles. The second-order valence-electron chi connectivity index (χ2n) is 5.53. The van der Waals surface area contributed by atoms with Crippen molar-refractivity contribution in [2.45, 2.75) is 26.1 Å². The van der Waals surface area contributed by atoms with Gasteiger partial charge in [0, 0.05) is 23.1 Å². The van der Waals surface area contributed by atoms with Gasteiger partial charge in [-0.25, -0.2) is 0 Å². The van der Waals surface area contributed by atoms with Crippen LogP contribution in [-0.4, -0.2) is 23.9 Å². The van der Waals surface area contributed by atoms with Gasteiger partial charge in [0.25, 0.3) is 0 Å². The van der Waals surface area contributed by atoms with E-state index in [0.717, 1.165) is 11.1 Å². The Morgan fingerprint density at radius 1 is 1.17 bits per heavy atom. The lowest BCUT2D eigenvalue weighted by atomic mass is 10.1. The molecule has 1 N–H and O–H groups in total. The average molecular weight is 351 g/mol. The fraction of sp³-hybridized carbons (Fsp3) is 0.278. The fourth-order valence-electron chi connectivity index (χ4n) is 2.19. The van der Waals surface area contributed by atoms with Crippen molar-refractivity contribution < 1.29 is 4.79 Å². The van der Waals surface area contributed by atoms with Gasteiger partial charge in [0.15, 0.2) is 0 Å². The normalized spacial score (nSPS) is 12.2. The van der Waals surface area contributed by atoms with Gasteiger partial charge < -0.3 is 5.32 Å². The number of hydrogen-bond donors (Lipinski definition) is 1. The van der Waals surface area contributed by atoms with E-state index in [0.29, 0.717) is 23.1 Å². The van der Waals surface area contributed by atoms with Crippen molar-refractivity contribution in [1.82, 2.24) is 10.2 Å². The first-order valence-electron chi connectivity index (χ1n) is 7.43. The van der Waals surface area contributed by atoms with Crippen molar-refractivity contribution in [2.24, 2.45) is 0 Å². The Hall–Kier alpha value is -1.55. The molecule has 3 nitrogen and oxygen atoms in total. The van der Waals surface area contributed by atoms with Crippen LogP contribution in [0, 0.1) is 0 Å². The van der Waals surface area contributed by atoms with Gasteiger partial charge in [0.05, 0.1) is 6.04 Å². The van der Waals surface area contributed by atoms with E-state index in [1.807, 2.05) is 55.3 Å². The highest BCUT2D eigenvalue weighted by molar-refractivity contribution is 6.35. The molecule has 0 bridgehead atoms. The molecule has 0 aliphatic heterocycles. The molecule has 0 saturated heterocycles. The van der Waals surface area contributed by atoms with Gasteiger partial charge in [-0.1, -0.05) is 59.6 Å². The van der Waals surface area contributed by atoms with Crippen molar-refractivity contribution >= 4 is 29.1 Å². The number of rotatable bonds is 6. The first-order chi connectivity index (χ1) is 11.0. The summed E-state index contributed by atoms with van der Waals surface area (Å²) in [6.45, 7) is 2.99. The predicted octanol–water partition coefficient (Wildman–Crippen LogP) is 4.13. The summed E-state index contributed by atoms with van der Waals surface area (Å²) in [6.07, 6.45) is 0. The highest BCUT2D eigenvalue weighted by atomic mass is 35.5. The van der Waals surface area contributed by atoms with Gasteiger partial charge >= 0.3 is 0 Å². The molecule has 0 spiro atoms.